The van der Waals surface area contributed by atoms with Gasteiger partial charge in [-0.3, -0.25) is 4.90 Å². The molecule has 5 rings (SSSR count). The van der Waals surface area contributed by atoms with E-state index in [4.69, 9.17) is 14.2 Å². The molecule has 2 aromatic rings. The molecule has 0 saturated carbocycles. The molecule has 11 heteroatoms. The van der Waals surface area contributed by atoms with Crippen LogP contribution in [0.25, 0.3) is 0 Å². The third kappa shape index (κ3) is 3.91. The number of sulfonamides is 1. The van der Waals surface area contributed by atoms with Gasteiger partial charge in [0, 0.05) is 39.3 Å². The van der Waals surface area contributed by atoms with Crippen LogP contribution in [0.2, 0.25) is 0 Å². The van der Waals surface area contributed by atoms with Gasteiger partial charge in [0.15, 0.2) is 11.5 Å². The Morgan fingerprint density at radius 1 is 1.03 bits per heavy atom. The highest BCUT2D eigenvalue weighted by Crippen LogP contribution is 2.45. The van der Waals surface area contributed by atoms with Gasteiger partial charge in [0.1, 0.15) is 16.3 Å². The lowest BCUT2D eigenvalue weighted by atomic mass is 10.2. The lowest BCUT2D eigenvalue weighted by molar-refractivity contribution is 0.174. The molecule has 1 fully saturated rings. The third-order valence-electron chi connectivity index (χ3n) is 6.16. The van der Waals surface area contributed by atoms with Crippen LogP contribution in [0.1, 0.15) is 6.42 Å². The van der Waals surface area contributed by atoms with Crippen LogP contribution in [-0.2, 0) is 10.0 Å². The van der Waals surface area contributed by atoms with Crippen molar-refractivity contribution in [3.63, 3.8) is 0 Å². The average molecular weight is 475 g/mol. The van der Waals surface area contributed by atoms with Crippen LogP contribution in [0, 0.1) is 0 Å². The first-order chi connectivity index (χ1) is 16.0. The van der Waals surface area contributed by atoms with Crippen molar-refractivity contribution < 1.29 is 27.4 Å². The van der Waals surface area contributed by atoms with Gasteiger partial charge >= 0.3 is 6.03 Å². The van der Waals surface area contributed by atoms with Crippen LogP contribution < -0.4 is 24.4 Å². The smallest absolute Gasteiger partial charge is 0.335 e. The minimum absolute atomic E-state index is 0.00423. The monoisotopic (exact) mass is 474 g/mol. The minimum atomic E-state index is -3.96. The molecule has 176 valence electrons. The quantitative estimate of drug-likeness (QED) is 0.680. The first kappa shape index (κ1) is 21.7. The normalized spacial score (nSPS) is 19.2. The van der Waals surface area contributed by atoms with E-state index in [1.165, 1.54) is 6.07 Å². The summed E-state index contributed by atoms with van der Waals surface area (Å²) in [6.07, 6.45) is 0.543. The van der Waals surface area contributed by atoms with Gasteiger partial charge in [-0.2, -0.15) is 0 Å². The molecular formula is C22H26N4O6S. The van der Waals surface area contributed by atoms with E-state index in [1.807, 2.05) is 18.2 Å². The molecular weight excluding hydrogens is 448 g/mol. The topological polar surface area (TPSA) is 101 Å². The van der Waals surface area contributed by atoms with Crippen LogP contribution in [-0.4, -0.2) is 76.8 Å². The second kappa shape index (κ2) is 8.64. The number of urea groups is 1. The predicted molar refractivity (Wildman–Crippen MR) is 122 cm³/mol. The van der Waals surface area contributed by atoms with Crippen molar-refractivity contribution in [1.29, 1.82) is 0 Å². The molecule has 3 aliphatic heterocycles. The number of carbonyl (C=O) groups is 1. The summed E-state index contributed by atoms with van der Waals surface area (Å²) in [6, 6.07) is 10.3. The van der Waals surface area contributed by atoms with Crippen molar-refractivity contribution in [3.05, 3.63) is 36.4 Å². The number of para-hydroxylation sites is 2. The molecule has 0 bridgehead atoms. The molecule has 3 heterocycles. The van der Waals surface area contributed by atoms with Crippen molar-refractivity contribution in [2.24, 2.45) is 0 Å². The van der Waals surface area contributed by atoms with Crippen molar-refractivity contribution in [2.45, 2.75) is 11.3 Å². The molecule has 2 aromatic carbocycles. The molecule has 1 N–H and O–H groups in total. The number of nitrogens with zero attached hydrogens (tertiary/aromatic N) is 3. The fourth-order valence-corrected chi connectivity index (χ4v) is 5.96. The van der Waals surface area contributed by atoms with Gasteiger partial charge in [-0.05, 0) is 30.7 Å². The lowest BCUT2D eigenvalue weighted by Gasteiger charge is -2.37. The van der Waals surface area contributed by atoms with Gasteiger partial charge in [0.2, 0.25) is 6.79 Å². The molecule has 33 heavy (non-hydrogen) atoms. The summed E-state index contributed by atoms with van der Waals surface area (Å²) in [4.78, 5) is 17.2. The largest absolute Gasteiger partial charge is 0.495 e. The molecule has 0 aromatic heterocycles. The first-order valence-corrected chi connectivity index (χ1v) is 12.3. The Balaban J connectivity index is 1.18. The molecule has 3 aliphatic rings. The van der Waals surface area contributed by atoms with Gasteiger partial charge in [-0.15, -0.1) is 0 Å². The molecule has 1 saturated heterocycles. The Hall–Kier alpha value is -3.18. The average Bonchev–Trinajstić information content (AvgIpc) is 3.31. The molecule has 2 amide bonds. The zero-order chi connectivity index (χ0) is 23.0. The highest BCUT2D eigenvalue weighted by Gasteiger charge is 2.40. The van der Waals surface area contributed by atoms with E-state index >= 15 is 0 Å². The summed E-state index contributed by atoms with van der Waals surface area (Å²) in [6.45, 7) is 4.21. The fourth-order valence-electron chi connectivity index (χ4n) is 4.45. The lowest BCUT2D eigenvalue weighted by Crippen LogP contribution is -2.48. The van der Waals surface area contributed by atoms with E-state index in [0.717, 1.165) is 41.9 Å². The zero-order valence-electron chi connectivity index (χ0n) is 18.3. The van der Waals surface area contributed by atoms with Crippen LogP contribution in [0.4, 0.5) is 16.2 Å². The minimum Gasteiger partial charge on any atom is -0.495 e. The Morgan fingerprint density at radius 3 is 2.61 bits per heavy atom. The second-order valence-electron chi connectivity index (χ2n) is 8.03. The Bertz CT molecular complexity index is 1160. The van der Waals surface area contributed by atoms with Crippen molar-refractivity contribution in [3.8, 4) is 17.2 Å². The highest BCUT2D eigenvalue weighted by atomic mass is 32.2. The van der Waals surface area contributed by atoms with Gasteiger partial charge in [-0.1, -0.05) is 12.1 Å². The Morgan fingerprint density at radius 2 is 1.82 bits per heavy atom. The summed E-state index contributed by atoms with van der Waals surface area (Å²) in [5.41, 5.74) is 1.23. The van der Waals surface area contributed by atoms with Crippen LogP contribution in [0.15, 0.2) is 41.3 Å². The molecule has 10 nitrogen and oxygen atoms in total. The highest BCUT2D eigenvalue weighted by molar-refractivity contribution is 7.90. The number of fused-ring (bicyclic) bond motifs is 3. The number of amides is 2. The summed E-state index contributed by atoms with van der Waals surface area (Å²) in [5, 5.41) is 2.66. The molecule has 0 atom stereocenters. The molecule has 0 unspecified atom stereocenters. The van der Waals surface area contributed by atoms with Gasteiger partial charge in [-0.25, -0.2) is 17.5 Å². The van der Waals surface area contributed by atoms with Crippen LogP contribution >= 0.6 is 0 Å². The SMILES string of the molecule is COc1ccccc1N1CCN(CCCN2C(=O)Nc3c(ccc4c3OCO4)S2(=O)=O)CC1. The van der Waals surface area contributed by atoms with Crippen molar-refractivity contribution in [1.82, 2.24) is 9.21 Å². The number of carbonyl (C=O) groups excluding carboxylic acids is 1. The summed E-state index contributed by atoms with van der Waals surface area (Å²) < 4.78 is 43.2. The maximum Gasteiger partial charge on any atom is 0.335 e. The molecule has 0 spiro atoms. The zero-order valence-corrected chi connectivity index (χ0v) is 19.1. The number of ether oxygens (including phenoxy) is 3. The van der Waals surface area contributed by atoms with Crippen molar-refractivity contribution in [2.75, 3.05) is 63.4 Å². The number of hydrogen-bond donors (Lipinski definition) is 1. The number of piperazine rings is 1. The summed E-state index contributed by atoms with van der Waals surface area (Å²) in [5.74, 6) is 1.54. The maximum absolute atomic E-state index is 13.1. The fraction of sp³-hybridized carbons (Fsp3) is 0.409. The van der Waals surface area contributed by atoms with E-state index in [2.05, 4.69) is 21.2 Å². The van der Waals surface area contributed by atoms with E-state index in [-0.39, 0.29) is 29.7 Å². The number of nitrogens with one attached hydrogen (secondary N) is 1. The van der Waals surface area contributed by atoms with Gasteiger partial charge in [0.05, 0.1) is 12.8 Å². The van der Waals surface area contributed by atoms with Crippen molar-refractivity contribution >= 4 is 27.4 Å². The summed E-state index contributed by atoms with van der Waals surface area (Å²) >= 11 is 0. The van der Waals surface area contributed by atoms with E-state index in [1.54, 1.807) is 13.2 Å². The number of benzene rings is 2. The number of rotatable bonds is 6. The number of anilines is 2. The van der Waals surface area contributed by atoms with Gasteiger partial charge in [0.25, 0.3) is 10.0 Å². The third-order valence-corrected chi connectivity index (χ3v) is 7.99. The van der Waals surface area contributed by atoms with Crippen LogP contribution in [0.3, 0.4) is 0 Å². The van der Waals surface area contributed by atoms with E-state index in [0.29, 0.717) is 18.7 Å². The number of hydrogen-bond acceptors (Lipinski definition) is 8. The predicted octanol–water partition coefficient (Wildman–Crippen LogP) is 2.17. The first-order valence-electron chi connectivity index (χ1n) is 10.9. The Labute approximate surface area is 192 Å². The van der Waals surface area contributed by atoms with E-state index in [9.17, 15) is 13.2 Å². The molecule has 0 aliphatic carbocycles. The Kier molecular flexibility index (Phi) is 5.67. The van der Waals surface area contributed by atoms with Crippen LogP contribution in [0.5, 0.6) is 17.2 Å². The maximum atomic E-state index is 13.1. The summed E-state index contributed by atoms with van der Waals surface area (Å²) in [7, 11) is -2.29. The van der Waals surface area contributed by atoms with Gasteiger partial charge < -0.3 is 24.4 Å². The second-order valence-corrected chi connectivity index (χ2v) is 9.86. The van der Waals surface area contributed by atoms with E-state index < -0.39 is 16.1 Å². The number of methoxy groups -OCH3 is 1. The molecule has 0 radical (unpaired) electrons. The standard InChI is InChI=1S/C22H26N4O6S/c1-30-17-6-3-2-5-16(17)25-13-11-24(12-14-25)9-4-10-26-22(27)23-20-19(33(26,28)29)8-7-18-21(20)32-15-31-18/h2-3,5-8H,4,9-15H2,1H3,(H,23,27).